The maximum absolute atomic E-state index is 10.9. The molecule has 0 bridgehead atoms. The highest BCUT2D eigenvalue weighted by atomic mass is 16.7. The Morgan fingerprint density at radius 3 is 1.91 bits per heavy atom. The molecule has 0 heterocycles. The van der Waals surface area contributed by atoms with Crippen molar-refractivity contribution in [1.29, 1.82) is 0 Å². The summed E-state index contributed by atoms with van der Waals surface area (Å²) in [5.41, 5.74) is 12.5. The van der Waals surface area contributed by atoms with E-state index in [0.717, 1.165) is 0 Å². The topological polar surface area (TPSA) is 142 Å². The second-order valence-electron chi connectivity index (χ2n) is 4.25. The van der Waals surface area contributed by atoms with Gasteiger partial charge in [-0.25, -0.2) is 10.3 Å². The quantitative estimate of drug-likeness (QED) is 0.487. The fraction of sp³-hybridized carbons (Fsp3) is 0.286. The number of nitrogens with two attached hydrogens (primary N) is 2. The van der Waals surface area contributed by atoms with Gasteiger partial charge < -0.3 is 16.3 Å². The van der Waals surface area contributed by atoms with Crippen molar-refractivity contribution in [2.24, 2.45) is 11.5 Å². The number of amides is 2. The molecule has 0 saturated heterocycles. The maximum Gasteiger partial charge on any atom is 0.339 e. The Hall–Kier alpha value is -2.90. The highest BCUT2D eigenvalue weighted by molar-refractivity contribution is 5.94. The van der Waals surface area contributed by atoms with E-state index in [-0.39, 0.29) is 25.0 Å². The Morgan fingerprint density at radius 1 is 1.00 bits per heavy atom. The first kappa shape index (κ1) is 19.1. The number of primary amides is 2. The van der Waals surface area contributed by atoms with Gasteiger partial charge in [-0.3, -0.25) is 14.4 Å². The molecule has 0 radical (unpaired) electrons. The molecule has 0 aromatic heterocycles. The van der Waals surface area contributed by atoms with Crippen LogP contribution in [0.1, 0.15) is 26.2 Å². The summed E-state index contributed by atoms with van der Waals surface area (Å²) in [5.74, 6) is -1.79. The van der Waals surface area contributed by atoms with Crippen molar-refractivity contribution in [3.05, 3.63) is 30.3 Å². The van der Waals surface area contributed by atoms with Crippen LogP contribution in [0.25, 0.3) is 0 Å². The number of ketones is 1. The number of carbonyl (C=O) groups is 4. The van der Waals surface area contributed by atoms with Gasteiger partial charge in [0.25, 0.3) is 0 Å². The minimum atomic E-state index is -0.582. The molecule has 0 spiro atoms. The fourth-order valence-corrected chi connectivity index (χ4v) is 1.11. The zero-order valence-corrected chi connectivity index (χ0v) is 12.2. The smallest absolute Gasteiger partial charge is 0.339 e. The van der Waals surface area contributed by atoms with E-state index in [0.29, 0.717) is 5.69 Å². The lowest BCUT2D eigenvalue weighted by molar-refractivity contribution is -0.143. The van der Waals surface area contributed by atoms with Crippen molar-refractivity contribution in [2.75, 3.05) is 5.48 Å². The monoisotopic (exact) mass is 309 g/mol. The zero-order chi connectivity index (χ0) is 17.0. The molecule has 0 atom stereocenters. The second-order valence-corrected chi connectivity index (χ2v) is 4.25. The highest BCUT2D eigenvalue weighted by Gasteiger charge is 2.06. The molecule has 0 aliphatic rings. The average molecular weight is 309 g/mol. The van der Waals surface area contributed by atoms with E-state index < -0.39 is 17.8 Å². The molecular weight excluding hydrogens is 290 g/mol. The number of para-hydroxylation sites is 1. The van der Waals surface area contributed by atoms with Gasteiger partial charge in [-0.05, 0) is 19.1 Å². The van der Waals surface area contributed by atoms with Crippen LogP contribution in [0.5, 0.6) is 0 Å². The van der Waals surface area contributed by atoms with Gasteiger partial charge in [0.2, 0.25) is 11.8 Å². The predicted molar refractivity (Wildman–Crippen MR) is 79.1 cm³/mol. The van der Waals surface area contributed by atoms with E-state index in [4.69, 9.17) is 11.5 Å². The molecule has 0 aliphatic heterocycles. The Morgan fingerprint density at radius 2 is 1.50 bits per heavy atom. The van der Waals surface area contributed by atoms with Crippen LogP contribution in [-0.2, 0) is 24.0 Å². The van der Waals surface area contributed by atoms with Gasteiger partial charge in [0, 0.05) is 12.8 Å². The number of carbonyl (C=O) groups excluding carboxylic acids is 4. The van der Waals surface area contributed by atoms with Crippen molar-refractivity contribution in [3.8, 4) is 0 Å². The van der Waals surface area contributed by atoms with E-state index in [1.54, 1.807) is 24.3 Å². The first-order valence-electron chi connectivity index (χ1n) is 6.38. The van der Waals surface area contributed by atoms with Gasteiger partial charge in [0.1, 0.15) is 12.2 Å². The third kappa shape index (κ3) is 12.2. The van der Waals surface area contributed by atoms with Gasteiger partial charge in [-0.15, -0.1) is 0 Å². The van der Waals surface area contributed by atoms with Gasteiger partial charge in [-0.1, -0.05) is 18.2 Å². The Bertz CT molecular complexity index is 502. The Labute approximate surface area is 127 Å². The number of hydrogen-bond donors (Lipinski definition) is 3. The lowest BCUT2D eigenvalue weighted by atomic mass is 10.3. The number of hydrogen-bond acceptors (Lipinski definition) is 6. The number of nitrogens with one attached hydrogen (secondary N) is 1. The maximum atomic E-state index is 10.9. The zero-order valence-electron chi connectivity index (χ0n) is 12.2. The van der Waals surface area contributed by atoms with Gasteiger partial charge in [0.05, 0.1) is 5.69 Å². The first-order valence-corrected chi connectivity index (χ1v) is 6.38. The van der Waals surface area contributed by atoms with Crippen molar-refractivity contribution in [2.45, 2.75) is 26.2 Å². The summed E-state index contributed by atoms with van der Waals surface area (Å²) in [7, 11) is 0. The summed E-state index contributed by atoms with van der Waals surface area (Å²) >= 11 is 0. The fourth-order valence-electron chi connectivity index (χ4n) is 1.11. The molecule has 1 aromatic carbocycles. The van der Waals surface area contributed by atoms with Crippen molar-refractivity contribution < 1.29 is 24.0 Å². The van der Waals surface area contributed by atoms with Crippen molar-refractivity contribution in [1.82, 2.24) is 0 Å². The van der Waals surface area contributed by atoms with Crippen LogP contribution < -0.4 is 16.9 Å². The van der Waals surface area contributed by atoms with Gasteiger partial charge in [-0.2, -0.15) is 0 Å². The molecule has 0 saturated carbocycles. The molecule has 1 aromatic rings. The van der Waals surface area contributed by atoms with E-state index in [1.165, 1.54) is 6.92 Å². The van der Waals surface area contributed by atoms with Crippen LogP contribution >= 0.6 is 0 Å². The lowest BCUT2D eigenvalue weighted by Gasteiger charge is -2.04. The standard InChI is InChI=1S/C10H11NO3.C4H8N2O2/c1-8(12)7-10(13)14-11-9-5-3-2-4-6-9;5-3(7)1-2-4(6)8/h2-6,11H,7H2,1H3;1-2H2,(H2,5,7)(H2,6,8). The SMILES string of the molecule is CC(=O)CC(=O)ONc1ccccc1.NC(=O)CCC(N)=O. The minimum absolute atomic E-state index is 0.0509. The highest BCUT2D eigenvalue weighted by Crippen LogP contribution is 2.04. The molecule has 22 heavy (non-hydrogen) atoms. The summed E-state index contributed by atoms with van der Waals surface area (Å²) < 4.78 is 0. The van der Waals surface area contributed by atoms with Crippen molar-refractivity contribution >= 4 is 29.3 Å². The first-order chi connectivity index (χ1) is 10.3. The van der Waals surface area contributed by atoms with E-state index in [1.807, 2.05) is 6.07 Å². The molecule has 120 valence electrons. The molecule has 8 nitrogen and oxygen atoms in total. The summed E-state index contributed by atoms with van der Waals surface area (Å²) in [6.07, 6.45) is -0.107. The van der Waals surface area contributed by atoms with Crippen LogP contribution in [0, 0.1) is 0 Å². The van der Waals surface area contributed by atoms with E-state index in [2.05, 4.69) is 10.3 Å². The number of anilines is 1. The van der Waals surface area contributed by atoms with Crippen LogP contribution in [-0.4, -0.2) is 23.6 Å². The van der Waals surface area contributed by atoms with Crippen molar-refractivity contribution in [3.63, 3.8) is 0 Å². The van der Waals surface area contributed by atoms with E-state index in [9.17, 15) is 19.2 Å². The second kappa shape index (κ2) is 10.8. The Balaban J connectivity index is 0.000000472. The molecule has 5 N–H and O–H groups in total. The summed E-state index contributed by atoms with van der Waals surface area (Å²) in [6, 6.07) is 8.97. The van der Waals surface area contributed by atoms with Crippen LogP contribution in [0.4, 0.5) is 5.69 Å². The largest absolute Gasteiger partial charge is 0.370 e. The van der Waals surface area contributed by atoms with Gasteiger partial charge in [0.15, 0.2) is 0 Å². The van der Waals surface area contributed by atoms with Gasteiger partial charge >= 0.3 is 5.97 Å². The normalized spacial score (nSPS) is 8.95. The lowest BCUT2D eigenvalue weighted by Crippen LogP contribution is -2.16. The summed E-state index contributed by atoms with van der Waals surface area (Å²) in [5, 5.41) is 0. The molecule has 1 rings (SSSR count). The molecule has 0 unspecified atom stereocenters. The summed E-state index contributed by atoms with van der Waals surface area (Å²) in [4.78, 5) is 45.9. The van der Waals surface area contributed by atoms with Crippen LogP contribution in [0.3, 0.4) is 0 Å². The molecule has 0 fully saturated rings. The number of Topliss-reactive ketones (excluding diaryl/α,β-unsaturated/α-hetero) is 1. The number of rotatable bonds is 7. The summed E-state index contributed by atoms with van der Waals surface area (Å²) in [6.45, 7) is 1.34. The predicted octanol–water partition coefficient (Wildman–Crippen LogP) is 0.273. The van der Waals surface area contributed by atoms with E-state index >= 15 is 0 Å². The van der Waals surface area contributed by atoms with Crippen LogP contribution in [0.2, 0.25) is 0 Å². The molecule has 2 amide bonds. The molecule has 0 aliphatic carbocycles. The average Bonchev–Trinajstić information content (AvgIpc) is 2.44. The molecular formula is C14H19N3O5. The Kier molecular flexibility index (Phi) is 9.41. The molecule has 8 heteroatoms. The third-order valence-electron chi connectivity index (χ3n) is 2.07. The van der Waals surface area contributed by atoms with Crippen LogP contribution in [0.15, 0.2) is 30.3 Å². The number of benzene rings is 1. The third-order valence-corrected chi connectivity index (χ3v) is 2.07. The minimum Gasteiger partial charge on any atom is -0.370 e.